The molecule has 0 radical (unpaired) electrons. The summed E-state index contributed by atoms with van der Waals surface area (Å²) in [7, 11) is -3.73. The molecule has 0 unspecified atom stereocenters. The van der Waals surface area contributed by atoms with Gasteiger partial charge in [-0.2, -0.15) is 0 Å². The molecular formula is C20H21ClN2O4S2. The minimum absolute atomic E-state index is 0.0760. The molecule has 1 aliphatic heterocycles. The van der Waals surface area contributed by atoms with Crippen LogP contribution in [0.25, 0.3) is 0 Å². The van der Waals surface area contributed by atoms with Gasteiger partial charge in [0.1, 0.15) is 0 Å². The van der Waals surface area contributed by atoms with Crippen molar-refractivity contribution in [2.24, 2.45) is 5.92 Å². The molecule has 1 heterocycles. The van der Waals surface area contributed by atoms with E-state index < -0.39 is 21.7 Å². The standard InChI is InChI=1S/C20H21ClN2O4S2/c1-12-3-5-16(15(21)9-12)23-20(25)13(2)11-29(26,27)14-4-6-18-17(10-14)22-19(24)7-8-28-18/h3-6,9-10,13H,7-8,11H2,1-2H3,(H,22,24)(H,23,25)/t13-/m1/s1. The van der Waals surface area contributed by atoms with Crippen LogP contribution in [0.1, 0.15) is 18.9 Å². The number of carbonyl (C=O) groups is 2. The Balaban J connectivity index is 1.74. The van der Waals surface area contributed by atoms with Gasteiger partial charge in [0, 0.05) is 23.0 Å². The fourth-order valence-corrected chi connectivity index (χ4v) is 5.67. The normalized spacial score (nSPS) is 15.1. The molecule has 9 heteroatoms. The zero-order chi connectivity index (χ0) is 21.2. The van der Waals surface area contributed by atoms with E-state index in [1.165, 1.54) is 23.9 Å². The third kappa shape index (κ3) is 5.32. The Morgan fingerprint density at radius 2 is 2.03 bits per heavy atom. The second kappa shape index (κ2) is 8.77. The predicted octanol–water partition coefficient (Wildman–Crippen LogP) is 4.13. The molecule has 2 aromatic rings. The summed E-state index contributed by atoms with van der Waals surface area (Å²) in [5.41, 5.74) is 1.88. The van der Waals surface area contributed by atoms with E-state index in [4.69, 9.17) is 11.6 Å². The van der Waals surface area contributed by atoms with Crippen molar-refractivity contribution in [3.05, 3.63) is 47.0 Å². The number of halogens is 1. The molecule has 6 nitrogen and oxygen atoms in total. The number of rotatable bonds is 5. The molecule has 3 rings (SSSR count). The van der Waals surface area contributed by atoms with Crippen LogP contribution in [-0.4, -0.2) is 31.7 Å². The SMILES string of the molecule is Cc1ccc(NC(=O)[C@H](C)CS(=O)(=O)c2ccc3c(c2)NC(=O)CCS3)c(Cl)c1. The molecule has 0 spiro atoms. The second-order valence-corrected chi connectivity index (χ2v) is 10.5. The van der Waals surface area contributed by atoms with Crippen molar-refractivity contribution in [2.75, 3.05) is 22.1 Å². The van der Waals surface area contributed by atoms with Crippen LogP contribution < -0.4 is 10.6 Å². The van der Waals surface area contributed by atoms with Gasteiger partial charge in [0.2, 0.25) is 11.8 Å². The van der Waals surface area contributed by atoms with Gasteiger partial charge in [-0.1, -0.05) is 24.6 Å². The number of fused-ring (bicyclic) bond motifs is 1. The summed E-state index contributed by atoms with van der Waals surface area (Å²) in [6.07, 6.45) is 0.375. The van der Waals surface area contributed by atoms with E-state index in [0.717, 1.165) is 10.5 Å². The smallest absolute Gasteiger partial charge is 0.228 e. The second-order valence-electron chi connectivity index (χ2n) is 6.96. The molecule has 2 N–H and O–H groups in total. The summed E-state index contributed by atoms with van der Waals surface area (Å²) in [6, 6.07) is 9.88. The molecule has 0 bridgehead atoms. The average Bonchev–Trinajstić information content (AvgIpc) is 2.83. The Bertz CT molecular complexity index is 1070. The van der Waals surface area contributed by atoms with Gasteiger partial charge in [-0.15, -0.1) is 11.8 Å². The molecule has 0 saturated carbocycles. The number of amides is 2. The Morgan fingerprint density at radius 3 is 2.76 bits per heavy atom. The third-order valence-corrected chi connectivity index (χ3v) is 7.77. The highest BCUT2D eigenvalue weighted by Crippen LogP contribution is 2.33. The maximum atomic E-state index is 12.8. The monoisotopic (exact) mass is 452 g/mol. The first-order chi connectivity index (χ1) is 13.7. The lowest BCUT2D eigenvalue weighted by molar-refractivity contribution is -0.119. The number of benzene rings is 2. The fourth-order valence-electron chi connectivity index (χ4n) is 2.87. The van der Waals surface area contributed by atoms with Crippen molar-refractivity contribution in [1.82, 2.24) is 0 Å². The summed E-state index contributed by atoms with van der Waals surface area (Å²) >= 11 is 7.63. The van der Waals surface area contributed by atoms with Crippen molar-refractivity contribution in [1.29, 1.82) is 0 Å². The predicted molar refractivity (Wildman–Crippen MR) is 116 cm³/mol. The van der Waals surface area contributed by atoms with Gasteiger partial charge >= 0.3 is 0 Å². The van der Waals surface area contributed by atoms with Gasteiger partial charge in [0.05, 0.1) is 27.0 Å². The number of sulfone groups is 1. The largest absolute Gasteiger partial charge is 0.325 e. The highest BCUT2D eigenvalue weighted by Gasteiger charge is 2.25. The van der Waals surface area contributed by atoms with Gasteiger partial charge in [-0.25, -0.2) is 8.42 Å². The van der Waals surface area contributed by atoms with Crippen LogP contribution in [0.5, 0.6) is 0 Å². The van der Waals surface area contributed by atoms with E-state index in [-0.39, 0.29) is 16.6 Å². The Labute approximate surface area is 179 Å². The van der Waals surface area contributed by atoms with Gasteiger partial charge < -0.3 is 10.6 Å². The van der Waals surface area contributed by atoms with Crippen LogP contribution >= 0.6 is 23.4 Å². The molecule has 154 valence electrons. The molecule has 2 amide bonds. The summed E-state index contributed by atoms with van der Waals surface area (Å²) < 4.78 is 25.7. The Morgan fingerprint density at radius 1 is 1.28 bits per heavy atom. The summed E-state index contributed by atoms with van der Waals surface area (Å²) in [5.74, 6) is -1.09. The Kier molecular flexibility index (Phi) is 6.55. The van der Waals surface area contributed by atoms with Crippen LogP contribution in [0.4, 0.5) is 11.4 Å². The molecule has 0 fully saturated rings. The lowest BCUT2D eigenvalue weighted by atomic mass is 10.2. The minimum atomic E-state index is -3.73. The van der Waals surface area contributed by atoms with Gasteiger partial charge in [0.15, 0.2) is 9.84 Å². The first-order valence-corrected chi connectivity index (χ1v) is 12.0. The van der Waals surface area contributed by atoms with Gasteiger partial charge in [-0.05, 0) is 42.8 Å². The van der Waals surface area contributed by atoms with E-state index in [0.29, 0.717) is 28.6 Å². The molecule has 1 atom stereocenters. The molecule has 0 aliphatic carbocycles. The molecule has 1 aliphatic rings. The van der Waals surface area contributed by atoms with Crippen LogP contribution in [-0.2, 0) is 19.4 Å². The molecule has 2 aromatic carbocycles. The number of hydrogen-bond donors (Lipinski definition) is 2. The molecule has 29 heavy (non-hydrogen) atoms. The van der Waals surface area contributed by atoms with Crippen molar-refractivity contribution in [2.45, 2.75) is 30.1 Å². The van der Waals surface area contributed by atoms with Crippen molar-refractivity contribution in [3.8, 4) is 0 Å². The first kappa shape index (κ1) is 21.7. The number of carbonyl (C=O) groups excluding carboxylic acids is 2. The highest BCUT2D eigenvalue weighted by atomic mass is 35.5. The number of nitrogens with one attached hydrogen (secondary N) is 2. The number of aryl methyl sites for hydroxylation is 1. The lowest BCUT2D eigenvalue weighted by Crippen LogP contribution is -2.27. The van der Waals surface area contributed by atoms with E-state index in [1.807, 2.05) is 13.0 Å². The van der Waals surface area contributed by atoms with E-state index in [9.17, 15) is 18.0 Å². The molecule has 0 saturated heterocycles. The van der Waals surface area contributed by atoms with Crippen LogP contribution in [0, 0.1) is 12.8 Å². The summed E-state index contributed by atoms with van der Waals surface area (Å²) in [5, 5.41) is 5.81. The van der Waals surface area contributed by atoms with Crippen molar-refractivity contribution in [3.63, 3.8) is 0 Å². The van der Waals surface area contributed by atoms with Crippen molar-refractivity contribution < 1.29 is 18.0 Å². The van der Waals surface area contributed by atoms with E-state index >= 15 is 0 Å². The Hall–Kier alpha value is -2.03. The average molecular weight is 453 g/mol. The maximum Gasteiger partial charge on any atom is 0.228 e. The van der Waals surface area contributed by atoms with Gasteiger partial charge in [-0.3, -0.25) is 9.59 Å². The summed E-state index contributed by atoms with van der Waals surface area (Å²) in [6.45, 7) is 3.43. The molecule has 0 aromatic heterocycles. The van der Waals surface area contributed by atoms with Gasteiger partial charge in [0.25, 0.3) is 0 Å². The maximum absolute atomic E-state index is 12.8. The van der Waals surface area contributed by atoms with Crippen molar-refractivity contribution >= 4 is 56.4 Å². The van der Waals surface area contributed by atoms with Crippen LogP contribution in [0.15, 0.2) is 46.2 Å². The van der Waals surface area contributed by atoms with E-state index in [1.54, 1.807) is 25.1 Å². The zero-order valence-corrected chi connectivity index (χ0v) is 18.4. The minimum Gasteiger partial charge on any atom is -0.325 e. The van der Waals surface area contributed by atoms with Crippen LogP contribution in [0.3, 0.4) is 0 Å². The quantitative estimate of drug-likeness (QED) is 0.711. The van der Waals surface area contributed by atoms with E-state index in [2.05, 4.69) is 10.6 Å². The number of thioether (sulfide) groups is 1. The lowest BCUT2D eigenvalue weighted by Gasteiger charge is -2.15. The first-order valence-electron chi connectivity index (χ1n) is 9.02. The fraction of sp³-hybridized carbons (Fsp3) is 0.300. The number of anilines is 2. The third-order valence-electron chi connectivity index (χ3n) is 4.47. The summed E-state index contributed by atoms with van der Waals surface area (Å²) in [4.78, 5) is 25.1. The number of hydrogen-bond acceptors (Lipinski definition) is 5. The topological polar surface area (TPSA) is 92.3 Å². The molecular weight excluding hydrogens is 432 g/mol. The van der Waals surface area contributed by atoms with Crippen LogP contribution in [0.2, 0.25) is 5.02 Å². The zero-order valence-electron chi connectivity index (χ0n) is 16.0. The highest BCUT2D eigenvalue weighted by molar-refractivity contribution is 7.99.